The van der Waals surface area contributed by atoms with Crippen LogP contribution in [0.25, 0.3) is 0 Å². The molecule has 0 aliphatic carbocycles. The fourth-order valence-electron chi connectivity index (χ4n) is 2.47. The lowest BCUT2D eigenvalue weighted by Gasteiger charge is -2.05. The molecule has 0 saturated heterocycles. The van der Waals surface area contributed by atoms with Gasteiger partial charge in [-0.15, -0.1) is 0 Å². The summed E-state index contributed by atoms with van der Waals surface area (Å²) >= 11 is -2.07. The molecular weight excluding hydrogens is 407 g/mol. The minimum absolute atomic E-state index is 0.256. The predicted molar refractivity (Wildman–Crippen MR) is 115 cm³/mol. The molecule has 8 heteroatoms. The van der Waals surface area contributed by atoms with Gasteiger partial charge in [-0.05, 0) is 73.5 Å². The van der Waals surface area contributed by atoms with Gasteiger partial charge in [0.2, 0.25) is 0 Å². The summed E-state index contributed by atoms with van der Waals surface area (Å²) in [5, 5.41) is 0. The third kappa shape index (κ3) is 7.73. The normalized spacial score (nSPS) is 13.4. The zero-order valence-corrected chi connectivity index (χ0v) is 17.3. The van der Waals surface area contributed by atoms with Crippen molar-refractivity contribution in [1.82, 2.24) is 0 Å². The van der Waals surface area contributed by atoms with Gasteiger partial charge < -0.3 is 15.0 Å². The second kappa shape index (κ2) is 11.8. The molecule has 0 aromatic heterocycles. The molecule has 158 valence electrons. The average Bonchev–Trinajstić information content (AvgIpc) is 2.73. The van der Waals surface area contributed by atoms with Crippen LogP contribution in [0.2, 0.25) is 0 Å². The van der Waals surface area contributed by atoms with Crippen LogP contribution in [0.15, 0.2) is 82.3 Å². The maximum atomic E-state index is 13.3. The highest BCUT2D eigenvalue weighted by atomic mass is 32.2. The van der Waals surface area contributed by atoms with Crippen molar-refractivity contribution in [1.29, 1.82) is 0 Å². The van der Waals surface area contributed by atoms with Crippen molar-refractivity contribution in [2.24, 2.45) is 10.7 Å². The minimum Gasteiger partial charge on any atom is -0.469 e. The highest BCUT2D eigenvalue weighted by Gasteiger charge is 2.05. The second-order valence-electron chi connectivity index (χ2n) is 6.26. The van der Waals surface area contributed by atoms with Gasteiger partial charge in [0.25, 0.3) is 0 Å². The molecular formula is C22H23FN2O4S. The van der Waals surface area contributed by atoms with Crippen molar-refractivity contribution < 1.29 is 22.7 Å². The zero-order valence-electron chi connectivity index (χ0n) is 16.5. The van der Waals surface area contributed by atoms with Gasteiger partial charge in [-0.3, -0.25) is 4.79 Å². The number of unbranched alkanes of at least 4 members (excludes halogenated alkanes) is 1. The number of carbonyl (C=O) groups excluding carboxylic acids is 1. The molecule has 3 N–H and O–H groups in total. The van der Waals surface area contributed by atoms with E-state index < -0.39 is 11.1 Å². The van der Waals surface area contributed by atoms with E-state index in [1.165, 1.54) is 31.4 Å². The maximum absolute atomic E-state index is 13.3. The van der Waals surface area contributed by atoms with Crippen LogP contribution in [-0.2, 0) is 20.6 Å². The summed E-state index contributed by atoms with van der Waals surface area (Å²) < 4.78 is 38.1. The molecule has 0 heterocycles. The molecule has 0 fully saturated rings. The van der Waals surface area contributed by atoms with Gasteiger partial charge in [0.1, 0.15) is 5.82 Å². The highest BCUT2D eigenvalue weighted by Crippen LogP contribution is 2.18. The SMILES string of the molecule is COC(=O)CCC/C=C/C(N)=C/C(=Nc1ccc(S(=O)O)cc1)c1ccc(F)cc1. The fraction of sp³-hybridized carbons (Fsp3) is 0.182. The van der Waals surface area contributed by atoms with E-state index in [0.29, 0.717) is 41.9 Å². The van der Waals surface area contributed by atoms with Crippen molar-refractivity contribution in [3.8, 4) is 0 Å². The molecule has 0 spiro atoms. The van der Waals surface area contributed by atoms with Crippen molar-refractivity contribution in [3.63, 3.8) is 0 Å². The topological polar surface area (TPSA) is 102 Å². The van der Waals surface area contributed by atoms with Gasteiger partial charge in [-0.1, -0.05) is 6.08 Å². The lowest BCUT2D eigenvalue weighted by Crippen LogP contribution is -2.03. The van der Waals surface area contributed by atoms with Crippen molar-refractivity contribution >= 4 is 28.4 Å². The number of carbonyl (C=O) groups is 1. The molecule has 6 nitrogen and oxygen atoms in total. The number of halogens is 1. The summed E-state index contributed by atoms with van der Waals surface area (Å²) in [6.07, 6.45) is 6.86. The van der Waals surface area contributed by atoms with E-state index in [0.717, 1.165) is 0 Å². The van der Waals surface area contributed by atoms with Crippen LogP contribution in [0.3, 0.4) is 0 Å². The van der Waals surface area contributed by atoms with Gasteiger partial charge in [0.05, 0.1) is 23.4 Å². The summed E-state index contributed by atoms with van der Waals surface area (Å²) in [6.45, 7) is 0. The predicted octanol–water partition coefficient (Wildman–Crippen LogP) is 4.27. The van der Waals surface area contributed by atoms with Crippen LogP contribution in [0.1, 0.15) is 24.8 Å². The number of benzene rings is 2. The second-order valence-corrected chi connectivity index (χ2v) is 7.23. The molecule has 1 atom stereocenters. The molecule has 2 aromatic rings. The van der Waals surface area contributed by atoms with Crippen molar-refractivity contribution in [2.75, 3.05) is 7.11 Å². The summed E-state index contributed by atoms with van der Waals surface area (Å²) in [7, 11) is 1.35. The standard InChI is InChI=1S/C22H23FN2O4S/c1-29-22(26)6-4-2-3-5-18(24)15-21(16-7-9-17(23)10-8-16)25-19-11-13-20(14-12-19)30(27)28/h3,5,7-15H,2,4,6,24H2,1H3,(H,27,28)/b5-3+,18-15-,25-21?. The number of aliphatic imine (C=N–C) groups is 1. The number of allylic oxidation sites excluding steroid dienone is 3. The van der Waals surface area contributed by atoms with Crippen LogP contribution in [0.5, 0.6) is 0 Å². The van der Waals surface area contributed by atoms with Crippen LogP contribution in [0, 0.1) is 5.82 Å². The first kappa shape index (κ1) is 23.2. The monoisotopic (exact) mass is 430 g/mol. The fourth-order valence-corrected chi connectivity index (χ4v) is 2.84. The molecule has 2 rings (SSSR count). The number of rotatable bonds is 9. The maximum Gasteiger partial charge on any atom is 0.305 e. The van der Waals surface area contributed by atoms with E-state index in [1.54, 1.807) is 36.4 Å². The smallest absolute Gasteiger partial charge is 0.305 e. The van der Waals surface area contributed by atoms with E-state index in [9.17, 15) is 13.4 Å². The number of hydrogen-bond acceptors (Lipinski definition) is 5. The lowest BCUT2D eigenvalue weighted by atomic mass is 10.1. The molecule has 0 aliphatic rings. The number of nitrogens with two attached hydrogens (primary N) is 1. The Balaban J connectivity index is 2.23. The number of nitrogens with zero attached hydrogens (tertiary/aromatic N) is 1. The molecule has 30 heavy (non-hydrogen) atoms. The quantitative estimate of drug-likeness (QED) is 0.203. The Labute approximate surface area is 177 Å². The molecule has 0 bridgehead atoms. The van der Waals surface area contributed by atoms with Gasteiger partial charge in [-0.2, -0.15) is 0 Å². The first-order valence-electron chi connectivity index (χ1n) is 9.15. The van der Waals surface area contributed by atoms with Crippen molar-refractivity contribution in [3.05, 3.63) is 83.8 Å². The Morgan fingerprint density at radius 2 is 1.87 bits per heavy atom. The number of hydrogen-bond donors (Lipinski definition) is 2. The van der Waals surface area contributed by atoms with E-state index in [-0.39, 0.29) is 16.7 Å². The Morgan fingerprint density at radius 1 is 1.20 bits per heavy atom. The molecule has 0 radical (unpaired) electrons. The number of esters is 1. The number of methoxy groups -OCH3 is 1. The van der Waals surface area contributed by atoms with E-state index in [4.69, 9.17) is 10.3 Å². The van der Waals surface area contributed by atoms with Crippen LogP contribution < -0.4 is 5.73 Å². The summed E-state index contributed by atoms with van der Waals surface area (Å²) in [5.74, 6) is -0.621. The molecule has 0 aliphatic heterocycles. The Kier molecular flexibility index (Phi) is 9.11. The Hall–Kier alpha value is -3.10. The molecule has 2 aromatic carbocycles. The Morgan fingerprint density at radius 3 is 2.47 bits per heavy atom. The van der Waals surface area contributed by atoms with Gasteiger partial charge in [0, 0.05) is 17.7 Å². The van der Waals surface area contributed by atoms with Crippen LogP contribution in [0.4, 0.5) is 10.1 Å². The first-order chi connectivity index (χ1) is 14.4. The average molecular weight is 431 g/mol. The summed E-state index contributed by atoms with van der Waals surface area (Å²) in [5.41, 5.74) is 8.23. The summed E-state index contributed by atoms with van der Waals surface area (Å²) in [4.78, 5) is 15.9. The third-order valence-corrected chi connectivity index (χ3v) is 4.70. The van der Waals surface area contributed by atoms with E-state index in [1.807, 2.05) is 6.08 Å². The molecule has 1 unspecified atom stereocenters. The molecule has 0 amide bonds. The van der Waals surface area contributed by atoms with Gasteiger partial charge in [-0.25, -0.2) is 13.6 Å². The zero-order chi connectivity index (χ0) is 21.9. The van der Waals surface area contributed by atoms with Gasteiger partial charge in [0.15, 0.2) is 11.1 Å². The third-order valence-electron chi connectivity index (χ3n) is 4.02. The largest absolute Gasteiger partial charge is 0.469 e. The summed E-state index contributed by atoms with van der Waals surface area (Å²) in [6, 6.07) is 12.1. The Bertz CT molecular complexity index is 968. The molecule has 0 saturated carbocycles. The van der Waals surface area contributed by atoms with Crippen LogP contribution in [-0.4, -0.2) is 27.6 Å². The minimum atomic E-state index is -2.07. The van der Waals surface area contributed by atoms with Gasteiger partial charge >= 0.3 is 5.97 Å². The van der Waals surface area contributed by atoms with E-state index >= 15 is 0 Å². The van der Waals surface area contributed by atoms with Crippen molar-refractivity contribution in [2.45, 2.75) is 24.2 Å². The van der Waals surface area contributed by atoms with Crippen LogP contribution >= 0.6 is 0 Å². The highest BCUT2D eigenvalue weighted by molar-refractivity contribution is 7.79. The lowest BCUT2D eigenvalue weighted by molar-refractivity contribution is -0.140. The van der Waals surface area contributed by atoms with E-state index in [2.05, 4.69) is 9.73 Å². The number of ether oxygens (including phenoxy) is 1. The first-order valence-corrected chi connectivity index (χ1v) is 10.3.